The first-order chi connectivity index (χ1) is 8.79. The lowest BCUT2D eigenvalue weighted by atomic mass is 10.1. The van der Waals surface area contributed by atoms with Crippen LogP contribution >= 0.6 is 11.3 Å². The summed E-state index contributed by atoms with van der Waals surface area (Å²) in [6, 6.07) is 7.57. The minimum atomic E-state index is 0.124. The predicted molar refractivity (Wildman–Crippen MR) is 71.6 cm³/mol. The standard InChI is InChI=1S/C12H14N4OS/c13-12(16-17)10-3-1-9(2-4-10)5-14-6-11-7-15-8-18-11/h1-4,7-8,14,17H,5-6H2,(H2,13,16). The molecule has 0 spiro atoms. The lowest BCUT2D eigenvalue weighted by molar-refractivity contribution is 0.318. The third-order valence-corrected chi connectivity index (χ3v) is 3.25. The van der Waals surface area contributed by atoms with Crippen molar-refractivity contribution in [2.75, 3.05) is 0 Å². The number of hydrogen-bond donors (Lipinski definition) is 3. The molecule has 0 saturated carbocycles. The summed E-state index contributed by atoms with van der Waals surface area (Å²) in [5.74, 6) is 0.124. The molecule has 5 nitrogen and oxygen atoms in total. The molecule has 18 heavy (non-hydrogen) atoms. The number of nitrogens with one attached hydrogen (secondary N) is 1. The second-order valence-electron chi connectivity index (χ2n) is 3.75. The van der Waals surface area contributed by atoms with Gasteiger partial charge < -0.3 is 16.3 Å². The van der Waals surface area contributed by atoms with Crippen molar-refractivity contribution in [1.29, 1.82) is 0 Å². The van der Waals surface area contributed by atoms with Gasteiger partial charge in [-0.3, -0.25) is 4.98 Å². The lowest BCUT2D eigenvalue weighted by Gasteiger charge is -2.04. The van der Waals surface area contributed by atoms with Crippen molar-refractivity contribution < 1.29 is 5.21 Å². The Hall–Kier alpha value is -1.92. The highest BCUT2D eigenvalue weighted by molar-refractivity contribution is 7.09. The molecule has 1 heterocycles. The van der Waals surface area contributed by atoms with Crippen LogP contribution in [0.3, 0.4) is 0 Å². The molecule has 6 heteroatoms. The molecule has 4 N–H and O–H groups in total. The number of benzene rings is 1. The Morgan fingerprint density at radius 3 is 2.72 bits per heavy atom. The number of amidine groups is 1. The molecule has 94 valence electrons. The number of hydrogen-bond acceptors (Lipinski definition) is 5. The number of oxime groups is 1. The molecule has 0 saturated heterocycles. The van der Waals surface area contributed by atoms with Gasteiger partial charge in [0.25, 0.3) is 0 Å². The van der Waals surface area contributed by atoms with Crippen molar-refractivity contribution in [3.63, 3.8) is 0 Å². The van der Waals surface area contributed by atoms with Crippen molar-refractivity contribution in [2.24, 2.45) is 10.9 Å². The normalized spacial score (nSPS) is 11.7. The fraction of sp³-hybridized carbons (Fsp3) is 0.167. The number of aromatic nitrogens is 1. The van der Waals surface area contributed by atoms with Gasteiger partial charge >= 0.3 is 0 Å². The number of nitrogens with two attached hydrogens (primary N) is 1. The van der Waals surface area contributed by atoms with E-state index in [1.165, 1.54) is 4.88 Å². The summed E-state index contributed by atoms with van der Waals surface area (Å²) in [6.45, 7) is 1.58. The van der Waals surface area contributed by atoms with Crippen LogP contribution in [0, 0.1) is 0 Å². The first kappa shape index (κ1) is 12.5. The van der Waals surface area contributed by atoms with Gasteiger partial charge in [0.15, 0.2) is 5.84 Å². The fourth-order valence-electron chi connectivity index (χ4n) is 1.51. The van der Waals surface area contributed by atoms with Gasteiger partial charge in [0.05, 0.1) is 5.51 Å². The molecular formula is C12H14N4OS. The Bertz CT molecular complexity index is 507. The van der Waals surface area contributed by atoms with Crippen LogP contribution in [-0.4, -0.2) is 16.0 Å². The van der Waals surface area contributed by atoms with Gasteiger partial charge in [-0.15, -0.1) is 11.3 Å². The summed E-state index contributed by atoms with van der Waals surface area (Å²) in [4.78, 5) is 5.23. The van der Waals surface area contributed by atoms with Crippen molar-refractivity contribution in [2.45, 2.75) is 13.1 Å². The van der Waals surface area contributed by atoms with E-state index in [-0.39, 0.29) is 5.84 Å². The third kappa shape index (κ3) is 3.28. The monoisotopic (exact) mass is 262 g/mol. The Kier molecular flexibility index (Phi) is 4.27. The van der Waals surface area contributed by atoms with Crippen LogP contribution in [0.4, 0.5) is 0 Å². The van der Waals surface area contributed by atoms with Crippen molar-refractivity contribution in [3.8, 4) is 0 Å². The zero-order chi connectivity index (χ0) is 12.8. The van der Waals surface area contributed by atoms with Gasteiger partial charge in [-0.2, -0.15) is 0 Å². The quantitative estimate of drug-likeness (QED) is 0.330. The SMILES string of the molecule is N/C(=N/O)c1ccc(CNCc2cncs2)cc1. The molecule has 0 bridgehead atoms. The number of nitrogens with zero attached hydrogens (tertiary/aromatic N) is 2. The third-order valence-electron chi connectivity index (χ3n) is 2.47. The van der Waals surface area contributed by atoms with Gasteiger partial charge in [-0.1, -0.05) is 29.4 Å². The van der Waals surface area contributed by atoms with Crippen LogP contribution in [0.2, 0.25) is 0 Å². The van der Waals surface area contributed by atoms with Crippen molar-refractivity contribution >= 4 is 17.2 Å². The molecule has 0 unspecified atom stereocenters. The van der Waals surface area contributed by atoms with Crippen LogP contribution in [0.25, 0.3) is 0 Å². The molecule has 0 radical (unpaired) electrons. The molecule has 0 aliphatic carbocycles. The van der Waals surface area contributed by atoms with Crippen LogP contribution < -0.4 is 11.1 Å². The average Bonchev–Trinajstić information content (AvgIpc) is 2.92. The van der Waals surface area contributed by atoms with Crippen molar-refractivity contribution in [3.05, 3.63) is 52.0 Å². The Balaban J connectivity index is 1.87. The smallest absolute Gasteiger partial charge is 0.170 e. The van der Waals surface area contributed by atoms with E-state index in [0.717, 1.165) is 18.7 Å². The second-order valence-corrected chi connectivity index (χ2v) is 4.72. The number of rotatable bonds is 5. The van der Waals surface area contributed by atoms with Crippen LogP contribution in [0.1, 0.15) is 16.0 Å². The molecule has 2 rings (SSSR count). The average molecular weight is 262 g/mol. The largest absolute Gasteiger partial charge is 0.409 e. The van der Waals surface area contributed by atoms with Gasteiger partial charge in [0.2, 0.25) is 0 Å². The van der Waals surface area contributed by atoms with Crippen LogP contribution in [0.5, 0.6) is 0 Å². The minimum Gasteiger partial charge on any atom is -0.409 e. The Morgan fingerprint density at radius 2 is 2.11 bits per heavy atom. The van der Waals surface area contributed by atoms with E-state index in [1.807, 2.05) is 36.0 Å². The van der Waals surface area contributed by atoms with E-state index >= 15 is 0 Å². The minimum absolute atomic E-state index is 0.124. The first-order valence-electron chi connectivity index (χ1n) is 5.44. The predicted octanol–water partition coefficient (Wildman–Crippen LogP) is 1.53. The van der Waals surface area contributed by atoms with Gasteiger partial charge in [-0.05, 0) is 5.56 Å². The summed E-state index contributed by atoms with van der Waals surface area (Å²) < 4.78 is 0. The Morgan fingerprint density at radius 1 is 1.33 bits per heavy atom. The topological polar surface area (TPSA) is 83.5 Å². The zero-order valence-electron chi connectivity index (χ0n) is 9.71. The molecule has 1 aromatic carbocycles. The summed E-state index contributed by atoms with van der Waals surface area (Å²) >= 11 is 1.63. The lowest BCUT2D eigenvalue weighted by Crippen LogP contribution is -2.14. The molecule has 0 amide bonds. The Labute approximate surface area is 109 Å². The molecule has 1 aromatic heterocycles. The summed E-state index contributed by atoms with van der Waals surface area (Å²) in [5.41, 5.74) is 9.17. The highest BCUT2D eigenvalue weighted by atomic mass is 32.1. The van der Waals surface area contributed by atoms with Crippen molar-refractivity contribution in [1.82, 2.24) is 10.3 Å². The molecular weight excluding hydrogens is 248 g/mol. The summed E-state index contributed by atoms with van der Waals surface area (Å²) in [5, 5.41) is 14.8. The maximum atomic E-state index is 8.55. The summed E-state index contributed by atoms with van der Waals surface area (Å²) in [7, 11) is 0. The highest BCUT2D eigenvalue weighted by Crippen LogP contribution is 2.07. The van der Waals surface area contributed by atoms with Gasteiger partial charge in [0, 0.05) is 29.7 Å². The molecule has 0 aliphatic rings. The zero-order valence-corrected chi connectivity index (χ0v) is 10.5. The highest BCUT2D eigenvalue weighted by Gasteiger charge is 1.99. The molecule has 2 aromatic rings. The van der Waals surface area contributed by atoms with E-state index in [4.69, 9.17) is 10.9 Å². The van der Waals surface area contributed by atoms with Gasteiger partial charge in [0.1, 0.15) is 0 Å². The van der Waals surface area contributed by atoms with Crippen LogP contribution in [-0.2, 0) is 13.1 Å². The fourth-order valence-corrected chi connectivity index (χ4v) is 2.07. The van der Waals surface area contributed by atoms with E-state index < -0.39 is 0 Å². The maximum absolute atomic E-state index is 8.55. The van der Waals surface area contributed by atoms with E-state index in [2.05, 4.69) is 15.5 Å². The van der Waals surface area contributed by atoms with Gasteiger partial charge in [-0.25, -0.2) is 0 Å². The summed E-state index contributed by atoms with van der Waals surface area (Å²) in [6.07, 6.45) is 1.86. The maximum Gasteiger partial charge on any atom is 0.170 e. The first-order valence-corrected chi connectivity index (χ1v) is 6.32. The van der Waals surface area contributed by atoms with E-state index in [0.29, 0.717) is 5.56 Å². The number of thiazole rings is 1. The van der Waals surface area contributed by atoms with Crippen LogP contribution in [0.15, 0.2) is 41.1 Å². The molecule has 0 fully saturated rings. The molecule has 0 atom stereocenters. The van der Waals surface area contributed by atoms with E-state index in [9.17, 15) is 0 Å². The second kappa shape index (κ2) is 6.13. The van der Waals surface area contributed by atoms with E-state index in [1.54, 1.807) is 11.3 Å². The molecule has 0 aliphatic heterocycles.